The van der Waals surface area contributed by atoms with E-state index in [2.05, 4.69) is 15.8 Å². The molecule has 2 N–H and O–H groups in total. The molecule has 0 saturated carbocycles. The highest BCUT2D eigenvalue weighted by Crippen LogP contribution is 2.17. The molecular weight excluding hydrogens is 318 g/mol. The highest BCUT2D eigenvalue weighted by atomic mass is 16.5. The van der Waals surface area contributed by atoms with Gasteiger partial charge in [-0.25, -0.2) is 5.43 Å². The molecule has 2 aromatic rings. The van der Waals surface area contributed by atoms with Gasteiger partial charge in [0.15, 0.2) is 0 Å². The molecule has 25 heavy (non-hydrogen) atoms. The largest absolute Gasteiger partial charge is 0.494 e. The SMILES string of the molecule is CCOc1ccc(/C=N\NC(=O)C(=O)Nc2cccc(C)c2C)cc1. The summed E-state index contributed by atoms with van der Waals surface area (Å²) >= 11 is 0. The summed E-state index contributed by atoms with van der Waals surface area (Å²) in [4.78, 5) is 23.7. The van der Waals surface area contributed by atoms with E-state index in [9.17, 15) is 9.59 Å². The van der Waals surface area contributed by atoms with E-state index in [4.69, 9.17) is 4.74 Å². The van der Waals surface area contributed by atoms with Gasteiger partial charge in [0.1, 0.15) is 5.75 Å². The van der Waals surface area contributed by atoms with Crippen LogP contribution in [0.25, 0.3) is 0 Å². The normalized spacial score (nSPS) is 10.5. The summed E-state index contributed by atoms with van der Waals surface area (Å²) in [5, 5.41) is 6.37. The molecule has 0 aliphatic carbocycles. The molecule has 2 amide bonds. The number of hydrogen-bond acceptors (Lipinski definition) is 4. The first-order valence-electron chi connectivity index (χ1n) is 7.94. The van der Waals surface area contributed by atoms with Crippen molar-refractivity contribution < 1.29 is 14.3 Å². The van der Waals surface area contributed by atoms with Crippen LogP contribution >= 0.6 is 0 Å². The topological polar surface area (TPSA) is 79.8 Å². The number of aryl methyl sites for hydroxylation is 1. The number of nitrogens with one attached hydrogen (secondary N) is 2. The quantitative estimate of drug-likeness (QED) is 0.499. The first-order chi connectivity index (χ1) is 12.0. The van der Waals surface area contributed by atoms with Crippen molar-refractivity contribution in [3.8, 4) is 5.75 Å². The van der Waals surface area contributed by atoms with Crippen LogP contribution in [0.15, 0.2) is 47.6 Å². The van der Waals surface area contributed by atoms with Crippen molar-refractivity contribution >= 4 is 23.7 Å². The summed E-state index contributed by atoms with van der Waals surface area (Å²) in [5.41, 5.74) is 5.55. The summed E-state index contributed by atoms with van der Waals surface area (Å²) in [6.45, 7) is 6.33. The van der Waals surface area contributed by atoms with Crippen LogP contribution in [0.5, 0.6) is 5.75 Å². The summed E-state index contributed by atoms with van der Waals surface area (Å²) < 4.78 is 5.34. The number of hydrogen-bond donors (Lipinski definition) is 2. The van der Waals surface area contributed by atoms with Gasteiger partial charge in [0, 0.05) is 5.69 Å². The van der Waals surface area contributed by atoms with Gasteiger partial charge in [-0.15, -0.1) is 0 Å². The third-order valence-electron chi connectivity index (χ3n) is 3.63. The molecule has 0 saturated heterocycles. The summed E-state index contributed by atoms with van der Waals surface area (Å²) in [7, 11) is 0. The maximum atomic E-state index is 11.9. The molecule has 0 unspecified atom stereocenters. The van der Waals surface area contributed by atoms with E-state index >= 15 is 0 Å². The second-order valence-corrected chi connectivity index (χ2v) is 5.40. The first-order valence-corrected chi connectivity index (χ1v) is 7.94. The molecule has 0 aliphatic rings. The van der Waals surface area contributed by atoms with Gasteiger partial charge in [0.05, 0.1) is 12.8 Å². The molecule has 0 bridgehead atoms. The van der Waals surface area contributed by atoms with Crippen molar-refractivity contribution in [2.75, 3.05) is 11.9 Å². The number of carbonyl (C=O) groups excluding carboxylic acids is 2. The molecule has 0 aliphatic heterocycles. The zero-order valence-corrected chi connectivity index (χ0v) is 14.5. The smallest absolute Gasteiger partial charge is 0.329 e. The number of nitrogens with zero attached hydrogens (tertiary/aromatic N) is 1. The number of ether oxygens (including phenoxy) is 1. The number of anilines is 1. The molecule has 0 aromatic heterocycles. The van der Waals surface area contributed by atoms with Crippen LogP contribution < -0.4 is 15.5 Å². The molecule has 2 rings (SSSR count). The first kappa shape index (κ1) is 18.2. The van der Waals surface area contributed by atoms with Crippen LogP contribution in [0.2, 0.25) is 0 Å². The van der Waals surface area contributed by atoms with E-state index in [1.165, 1.54) is 6.21 Å². The van der Waals surface area contributed by atoms with E-state index in [0.29, 0.717) is 12.3 Å². The van der Waals surface area contributed by atoms with Gasteiger partial charge in [-0.05, 0) is 67.8 Å². The molecule has 0 radical (unpaired) electrons. The minimum absolute atomic E-state index is 0.596. The molecular formula is C19H21N3O3. The maximum Gasteiger partial charge on any atom is 0.329 e. The van der Waals surface area contributed by atoms with Crippen molar-refractivity contribution in [3.05, 3.63) is 59.2 Å². The third-order valence-corrected chi connectivity index (χ3v) is 3.63. The number of amides is 2. The Bertz CT molecular complexity index is 783. The lowest BCUT2D eigenvalue weighted by Crippen LogP contribution is -2.32. The lowest BCUT2D eigenvalue weighted by Gasteiger charge is -2.09. The number of benzene rings is 2. The van der Waals surface area contributed by atoms with Crippen molar-refractivity contribution in [3.63, 3.8) is 0 Å². The summed E-state index contributed by atoms with van der Waals surface area (Å²) in [6.07, 6.45) is 1.46. The van der Waals surface area contributed by atoms with Crippen LogP contribution in [0, 0.1) is 13.8 Å². The average molecular weight is 339 g/mol. The lowest BCUT2D eigenvalue weighted by molar-refractivity contribution is -0.136. The molecule has 6 nitrogen and oxygen atoms in total. The van der Waals surface area contributed by atoms with E-state index in [1.54, 1.807) is 30.3 Å². The Kier molecular flexibility index (Phi) is 6.28. The molecule has 130 valence electrons. The van der Waals surface area contributed by atoms with E-state index in [-0.39, 0.29) is 0 Å². The Labute approximate surface area is 146 Å². The Morgan fingerprint density at radius 2 is 1.80 bits per heavy atom. The number of carbonyl (C=O) groups is 2. The highest BCUT2D eigenvalue weighted by Gasteiger charge is 2.14. The van der Waals surface area contributed by atoms with Gasteiger partial charge < -0.3 is 10.1 Å². The van der Waals surface area contributed by atoms with Gasteiger partial charge in [-0.2, -0.15) is 5.10 Å². The number of rotatable bonds is 5. The van der Waals surface area contributed by atoms with Crippen LogP contribution in [0.3, 0.4) is 0 Å². The van der Waals surface area contributed by atoms with Crippen LogP contribution in [0.4, 0.5) is 5.69 Å². The van der Waals surface area contributed by atoms with Gasteiger partial charge in [-0.3, -0.25) is 9.59 Å². The van der Waals surface area contributed by atoms with Crippen molar-refractivity contribution in [1.82, 2.24) is 5.43 Å². The molecule has 0 spiro atoms. The molecule has 0 heterocycles. The Morgan fingerprint density at radius 1 is 1.08 bits per heavy atom. The standard InChI is InChI=1S/C19H21N3O3/c1-4-25-16-10-8-15(9-11-16)12-20-22-19(24)18(23)21-17-7-5-6-13(2)14(17)3/h5-12H,4H2,1-3H3,(H,21,23)(H,22,24)/b20-12-. The molecule has 2 aromatic carbocycles. The van der Waals surface area contributed by atoms with Crippen LogP contribution in [0.1, 0.15) is 23.6 Å². The summed E-state index contributed by atoms with van der Waals surface area (Å²) in [5.74, 6) is -0.836. The van der Waals surface area contributed by atoms with Gasteiger partial charge in [0.25, 0.3) is 0 Å². The number of hydrazone groups is 1. The van der Waals surface area contributed by atoms with Crippen LogP contribution in [-0.2, 0) is 9.59 Å². The average Bonchev–Trinajstić information content (AvgIpc) is 2.60. The second-order valence-electron chi connectivity index (χ2n) is 5.40. The maximum absolute atomic E-state index is 11.9. The predicted molar refractivity (Wildman–Crippen MR) is 97.9 cm³/mol. The molecule has 0 atom stereocenters. The minimum atomic E-state index is -0.830. The highest BCUT2D eigenvalue weighted by molar-refractivity contribution is 6.39. The minimum Gasteiger partial charge on any atom is -0.494 e. The van der Waals surface area contributed by atoms with Crippen LogP contribution in [-0.4, -0.2) is 24.6 Å². The fourth-order valence-electron chi connectivity index (χ4n) is 2.10. The van der Waals surface area contributed by atoms with E-state index in [1.807, 2.05) is 32.9 Å². The van der Waals surface area contributed by atoms with E-state index < -0.39 is 11.8 Å². The lowest BCUT2D eigenvalue weighted by atomic mass is 10.1. The van der Waals surface area contributed by atoms with Crippen molar-refractivity contribution in [2.45, 2.75) is 20.8 Å². The molecule has 0 fully saturated rings. The summed E-state index contributed by atoms with van der Waals surface area (Å²) in [6, 6.07) is 12.7. The zero-order chi connectivity index (χ0) is 18.2. The Hall–Kier alpha value is -3.15. The molecule has 6 heteroatoms. The third kappa shape index (κ3) is 5.17. The Morgan fingerprint density at radius 3 is 2.48 bits per heavy atom. The zero-order valence-electron chi connectivity index (χ0n) is 14.5. The fourth-order valence-corrected chi connectivity index (χ4v) is 2.10. The van der Waals surface area contributed by atoms with Crippen molar-refractivity contribution in [1.29, 1.82) is 0 Å². The Balaban J connectivity index is 1.90. The monoisotopic (exact) mass is 339 g/mol. The van der Waals surface area contributed by atoms with Gasteiger partial charge in [0.2, 0.25) is 0 Å². The van der Waals surface area contributed by atoms with E-state index in [0.717, 1.165) is 22.4 Å². The predicted octanol–water partition coefficient (Wildman–Crippen LogP) is 2.79. The second kappa shape index (κ2) is 8.63. The van der Waals surface area contributed by atoms with Crippen molar-refractivity contribution in [2.24, 2.45) is 5.10 Å². The van der Waals surface area contributed by atoms with Gasteiger partial charge >= 0.3 is 11.8 Å². The fraction of sp³-hybridized carbons (Fsp3) is 0.211. The van der Waals surface area contributed by atoms with Gasteiger partial charge in [-0.1, -0.05) is 12.1 Å².